The fourth-order valence-electron chi connectivity index (χ4n) is 3.57. The molecule has 0 atom stereocenters. The summed E-state index contributed by atoms with van der Waals surface area (Å²) < 4.78 is 2.29. The van der Waals surface area contributed by atoms with E-state index in [1.807, 2.05) is 12.1 Å². The highest BCUT2D eigenvalue weighted by molar-refractivity contribution is 5.77. The molecule has 0 aliphatic heterocycles. The van der Waals surface area contributed by atoms with E-state index < -0.39 is 0 Å². The van der Waals surface area contributed by atoms with Gasteiger partial charge in [-0.25, -0.2) is 15.0 Å². The zero-order valence-electron chi connectivity index (χ0n) is 13.2. The Morgan fingerprint density at radius 1 is 1.00 bits per heavy atom. The topological polar surface area (TPSA) is 95.6 Å². The van der Waals surface area contributed by atoms with Crippen molar-refractivity contribution in [2.75, 3.05) is 11.5 Å². The third-order valence-electron chi connectivity index (χ3n) is 4.56. The number of fused-ring (bicyclic) bond motifs is 1. The zero-order valence-corrected chi connectivity index (χ0v) is 13.2. The number of nitrogen functional groups attached to an aromatic ring is 2. The minimum atomic E-state index is 0.405. The summed E-state index contributed by atoms with van der Waals surface area (Å²) in [4.78, 5) is 13.5. The van der Waals surface area contributed by atoms with E-state index in [1.165, 1.54) is 25.7 Å². The number of aryl methyl sites for hydroxylation is 1. The molecule has 0 radical (unpaired) electrons. The van der Waals surface area contributed by atoms with Crippen LogP contribution in [0.15, 0.2) is 24.3 Å². The van der Waals surface area contributed by atoms with E-state index in [1.54, 1.807) is 12.1 Å². The molecule has 3 heterocycles. The van der Waals surface area contributed by atoms with Crippen LogP contribution >= 0.6 is 0 Å². The summed E-state index contributed by atoms with van der Waals surface area (Å²) in [6, 6.07) is 8.09. The van der Waals surface area contributed by atoms with Crippen molar-refractivity contribution >= 4 is 22.8 Å². The van der Waals surface area contributed by atoms with Crippen LogP contribution in [0.1, 0.15) is 37.5 Å². The second-order valence-corrected chi connectivity index (χ2v) is 6.21. The summed E-state index contributed by atoms with van der Waals surface area (Å²) in [5.74, 6) is 1.84. The van der Waals surface area contributed by atoms with Crippen molar-refractivity contribution < 1.29 is 0 Å². The average Bonchev–Trinajstić information content (AvgIpc) is 3.11. The lowest BCUT2D eigenvalue weighted by molar-refractivity contribution is 0.517. The van der Waals surface area contributed by atoms with Crippen LogP contribution in [-0.4, -0.2) is 19.5 Å². The van der Waals surface area contributed by atoms with Crippen LogP contribution in [0.2, 0.25) is 0 Å². The van der Waals surface area contributed by atoms with Crippen LogP contribution in [0.3, 0.4) is 0 Å². The van der Waals surface area contributed by atoms with Gasteiger partial charge in [0.15, 0.2) is 5.65 Å². The first-order chi connectivity index (χ1) is 11.1. The summed E-state index contributed by atoms with van der Waals surface area (Å²) in [7, 11) is 0. The molecule has 0 unspecified atom stereocenters. The van der Waals surface area contributed by atoms with Crippen LogP contribution in [0.4, 0.5) is 11.6 Å². The third-order valence-corrected chi connectivity index (χ3v) is 4.56. The van der Waals surface area contributed by atoms with Gasteiger partial charge in [0.25, 0.3) is 0 Å². The molecule has 0 amide bonds. The van der Waals surface area contributed by atoms with Gasteiger partial charge in [0, 0.05) is 11.6 Å². The Kier molecular flexibility index (Phi) is 3.18. The van der Waals surface area contributed by atoms with E-state index in [0.717, 1.165) is 28.2 Å². The summed E-state index contributed by atoms with van der Waals surface area (Å²) in [6.07, 6.45) is 4.96. The number of anilines is 2. The lowest BCUT2D eigenvalue weighted by Crippen LogP contribution is -2.07. The number of hydrogen-bond acceptors (Lipinski definition) is 5. The van der Waals surface area contributed by atoms with Crippen LogP contribution in [-0.2, 0) is 0 Å². The molecule has 0 saturated heterocycles. The molecule has 118 valence electrons. The molecule has 3 aromatic heterocycles. The van der Waals surface area contributed by atoms with Crippen molar-refractivity contribution in [3.05, 3.63) is 30.1 Å². The molecule has 0 spiro atoms. The monoisotopic (exact) mass is 308 g/mol. The van der Waals surface area contributed by atoms with Gasteiger partial charge in [-0.15, -0.1) is 0 Å². The Bertz CT molecular complexity index is 856. The van der Waals surface area contributed by atoms with Crippen LogP contribution in [0.25, 0.3) is 22.4 Å². The molecule has 0 aromatic carbocycles. The number of rotatable bonds is 2. The second-order valence-electron chi connectivity index (χ2n) is 6.21. The number of pyridine rings is 2. The molecular formula is C17H20N6. The summed E-state index contributed by atoms with van der Waals surface area (Å²) in [5, 5.41) is 0. The Labute approximate surface area is 134 Å². The van der Waals surface area contributed by atoms with Gasteiger partial charge in [-0.1, -0.05) is 12.8 Å². The first-order valence-corrected chi connectivity index (χ1v) is 8.01. The van der Waals surface area contributed by atoms with Crippen LogP contribution in [0, 0.1) is 6.92 Å². The van der Waals surface area contributed by atoms with E-state index in [2.05, 4.69) is 21.5 Å². The Morgan fingerprint density at radius 2 is 1.70 bits per heavy atom. The fourth-order valence-corrected chi connectivity index (χ4v) is 3.57. The van der Waals surface area contributed by atoms with E-state index in [4.69, 9.17) is 16.5 Å². The van der Waals surface area contributed by atoms with E-state index in [9.17, 15) is 0 Å². The molecule has 6 heteroatoms. The summed E-state index contributed by atoms with van der Waals surface area (Å²) in [5.41, 5.74) is 15.2. The van der Waals surface area contributed by atoms with Crippen molar-refractivity contribution in [2.45, 2.75) is 38.6 Å². The molecule has 4 N–H and O–H groups in total. The lowest BCUT2D eigenvalue weighted by Gasteiger charge is -2.14. The molecule has 1 aliphatic carbocycles. The maximum absolute atomic E-state index is 5.81. The van der Waals surface area contributed by atoms with E-state index >= 15 is 0 Å². The predicted octanol–water partition coefficient (Wildman–Crippen LogP) is 3.08. The molecule has 1 saturated carbocycles. The fraction of sp³-hybridized carbons (Fsp3) is 0.353. The standard InChI is InChI=1S/C17H20N6/c1-10-20-14-7-6-13(11-8-15(18)22-16(19)9-11)21-17(14)23(10)12-4-2-3-5-12/h6-9,12H,2-5H2,1H3,(H4,18,19,22). The number of nitrogens with two attached hydrogens (primary N) is 2. The number of aromatic nitrogens is 4. The SMILES string of the molecule is Cc1nc2ccc(-c3cc(N)nc(N)c3)nc2n1C1CCCC1. The van der Waals surface area contributed by atoms with Gasteiger partial charge in [-0.3, -0.25) is 0 Å². The van der Waals surface area contributed by atoms with E-state index in [0.29, 0.717) is 17.7 Å². The van der Waals surface area contributed by atoms with Crippen molar-refractivity contribution in [3.63, 3.8) is 0 Å². The molecular weight excluding hydrogens is 288 g/mol. The smallest absolute Gasteiger partial charge is 0.160 e. The third kappa shape index (κ3) is 2.40. The molecule has 4 rings (SSSR count). The number of hydrogen-bond donors (Lipinski definition) is 2. The number of nitrogens with zero attached hydrogens (tertiary/aromatic N) is 4. The normalized spacial score (nSPS) is 15.5. The molecule has 0 bridgehead atoms. The predicted molar refractivity (Wildman–Crippen MR) is 91.8 cm³/mol. The maximum Gasteiger partial charge on any atom is 0.160 e. The summed E-state index contributed by atoms with van der Waals surface area (Å²) >= 11 is 0. The van der Waals surface area contributed by atoms with E-state index in [-0.39, 0.29) is 0 Å². The highest BCUT2D eigenvalue weighted by Gasteiger charge is 2.22. The second kappa shape index (κ2) is 5.22. The highest BCUT2D eigenvalue weighted by atomic mass is 15.2. The van der Waals surface area contributed by atoms with Crippen molar-refractivity contribution in [2.24, 2.45) is 0 Å². The molecule has 3 aromatic rings. The Morgan fingerprint density at radius 3 is 2.39 bits per heavy atom. The zero-order chi connectivity index (χ0) is 16.0. The first kappa shape index (κ1) is 14.0. The highest BCUT2D eigenvalue weighted by Crippen LogP contribution is 2.33. The van der Waals surface area contributed by atoms with Gasteiger partial charge in [0.1, 0.15) is 23.0 Å². The van der Waals surface area contributed by atoms with Crippen LogP contribution in [0.5, 0.6) is 0 Å². The van der Waals surface area contributed by atoms with Gasteiger partial charge < -0.3 is 16.0 Å². The number of imidazole rings is 1. The van der Waals surface area contributed by atoms with Crippen molar-refractivity contribution in [1.29, 1.82) is 0 Å². The quantitative estimate of drug-likeness (QED) is 0.758. The van der Waals surface area contributed by atoms with Crippen molar-refractivity contribution in [3.8, 4) is 11.3 Å². The van der Waals surface area contributed by atoms with Crippen LogP contribution < -0.4 is 11.5 Å². The van der Waals surface area contributed by atoms with Crippen molar-refractivity contribution in [1.82, 2.24) is 19.5 Å². The molecule has 23 heavy (non-hydrogen) atoms. The van der Waals surface area contributed by atoms with Gasteiger partial charge in [-0.2, -0.15) is 0 Å². The molecule has 6 nitrogen and oxygen atoms in total. The average molecular weight is 308 g/mol. The Hall–Kier alpha value is -2.63. The Balaban J connectivity index is 1.87. The van der Waals surface area contributed by atoms with Gasteiger partial charge in [0.05, 0.1) is 5.69 Å². The van der Waals surface area contributed by atoms with Gasteiger partial charge in [0.2, 0.25) is 0 Å². The van der Waals surface area contributed by atoms with Gasteiger partial charge >= 0.3 is 0 Å². The lowest BCUT2D eigenvalue weighted by atomic mass is 10.1. The largest absolute Gasteiger partial charge is 0.384 e. The van der Waals surface area contributed by atoms with Gasteiger partial charge in [-0.05, 0) is 44.0 Å². The molecule has 1 aliphatic rings. The minimum Gasteiger partial charge on any atom is -0.384 e. The first-order valence-electron chi connectivity index (χ1n) is 8.01. The maximum atomic E-state index is 5.81. The molecule has 1 fully saturated rings. The summed E-state index contributed by atoms with van der Waals surface area (Å²) in [6.45, 7) is 2.06. The minimum absolute atomic E-state index is 0.405.